The lowest BCUT2D eigenvalue weighted by Gasteiger charge is -2.15. The van der Waals surface area contributed by atoms with E-state index in [0.717, 1.165) is 42.8 Å². The van der Waals surface area contributed by atoms with Crippen LogP contribution in [-0.2, 0) is 19.0 Å². The van der Waals surface area contributed by atoms with Gasteiger partial charge < -0.3 is 14.2 Å². The predicted molar refractivity (Wildman–Crippen MR) is 97.6 cm³/mol. The molecule has 0 aromatic rings. The molecule has 0 aliphatic carbocycles. The van der Waals surface area contributed by atoms with Crippen molar-refractivity contribution in [1.82, 2.24) is 0 Å². The Morgan fingerprint density at radius 3 is 2.08 bits per heavy atom. The average molecular weight is 381 g/mol. The van der Waals surface area contributed by atoms with E-state index < -0.39 is 0 Å². The quantitative estimate of drug-likeness (QED) is 0.275. The Bertz CT molecular complexity index is 376. The van der Waals surface area contributed by atoms with E-state index in [-0.39, 0.29) is 21.8 Å². The molecule has 0 heterocycles. The van der Waals surface area contributed by atoms with Crippen molar-refractivity contribution < 1.29 is 28.6 Å². The number of ether oxygens (including phenoxy) is 3. The van der Waals surface area contributed by atoms with Crippen LogP contribution in [0.1, 0.15) is 52.9 Å². The van der Waals surface area contributed by atoms with E-state index in [1.807, 2.05) is 0 Å². The number of hydrogen-bond donors (Lipinski definition) is 0. The number of unbranched alkanes of at least 4 members (excludes halogenated alkanes) is 1. The number of carbonyl (C=O) groups is 3. The van der Waals surface area contributed by atoms with Gasteiger partial charge in [-0.3, -0.25) is 4.79 Å². The number of esters is 1. The Hall–Kier alpha value is -0.890. The molecule has 0 saturated carbocycles. The molecule has 8 heteroatoms. The Kier molecular flexibility index (Phi) is 15.0. The minimum absolute atomic E-state index is 0.0631. The molecule has 0 rings (SSSR count). The Labute approximate surface area is 152 Å². The zero-order valence-corrected chi connectivity index (χ0v) is 16.3. The van der Waals surface area contributed by atoms with Crippen molar-refractivity contribution in [3.63, 3.8) is 0 Å². The lowest BCUT2D eigenvalue weighted by atomic mass is 10.1. The van der Waals surface area contributed by atoms with E-state index in [4.69, 9.17) is 14.2 Å². The van der Waals surface area contributed by atoms with Gasteiger partial charge in [0.25, 0.3) is 0 Å². The SMILES string of the molecule is CCOC(=O)CCCCC(CCSC(=O)OCC)SC(=O)OCC. The van der Waals surface area contributed by atoms with Crippen LogP contribution in [-0.4, -0.2) is 47.4 Å². The van der Waals surface area contributed by atoms with Crippen molar-refractivity contribution in [1.29, 1.82) is 0 Å². The second kappa shape index (κ2) is 15.6. The molecule has 0 fully saturated rings. The Morgan fingerprint density at radius 2 is 1.46 bits per heavy atom. The molecular weight excluding hydrogens is 352 g/mol. The van der Waals surface area contributed by atoms with E-state index in [1.165, 1.54) is 0 Å². The minimum Gasteiger partial charge on any atom is -0.466 e. The van der Waals surface area contributed by atoms with E-state index >= 15 is 0 Å². The minimum atomic E-state index is -0.297. The Balaban J connectivity index is 4.15. The standard InChI is InChI=1S/C16H28O6S2/c1-4-20-14(17)10-8-7-9-13(24-16(19)22-6-3)11-12-23-15(18)21-5-2/h13H,4-12H2,1-3H3. The summed E-state index contributed by atoms with van der Waals surface area (Å²) in [5, 5.41) is -0.526. The third kappa shape index (κ3) is 13.5. The van der Waals surface area contributed by atoms with Crippen molar-refractivity contribution >= 4 is 40.1 Å². The lowest BCUT2D eigenvalue weighted by molar-refractivity contribution is -0.143. The summed E-state index contributed by atoms with van der Waals surface area (Å²) in [6.45, 7) is 6.42. The van der Waals surface area contributed by atoms with Crippen molar-refractivity contribution in [2.45, 2.75) is 58.1 Å². The molecule has 0 N–H and O–H groups in total. The van der Waals surface area contributed by atoms with E-state index in [0.29, 0.717) is 38.4 Å². The molecule has 1 unspecified atom stereocenters. The summed E-state index contributed by atoms with van der Waals surface area (Å²) in [5.41, 5.74) is 0. The average Bonchev–Trinajstić information content (AvgIpc) is 2.52. The fourth-order valence-electron chi connectivity index (χ4n) is 1.86. The van der Waals surface area contributed by atoms with Crippen LogP contribution in [0.5, 0.6) is 0 Å². The molecule has 24 heavy (non-hydrogen) atoms. The van der Waals surface area contributed by atoms with Crippen molar-refractivity contribution in [3.8, 4) is 0 Å². The molecule has 0 aromatic carbocycles. The summed E-state index contributed by atoms with van der Waals surface area (Å²) < 4.78 is 14.7. The van der Waals surface area contributed by atoms with Gasteiger partial charge >= 0.3 is 16.6 Å². The highest BCUT2D eigenvalue weighted by atomic mass is 32.2. The highest BCUT2D eigenvalue weighted by molar-refractivity contribution is 8.14. The molecular formula is C16H28O6S2. The summed E-state index contributed by atoms with van der Waals surface area (Å²) in [6, 6.07) is 0. The van der Waals surface area contributed by atoms with Crippen molar-refractivity contribution in [3.05, 3.63) is 0 Å². The normalized spacial score (nSPS) is 11.6. The highest BCUT2D eigenvalue weighted by Crippen LogP contribution is 2.25. The first-order chi connectivity index (χ1) is 11.5. The topological polar surface area (TPSA) is 78.9 Å². The van der Waals surface area contributed by atoms with Gasteiger partial charge in [-0.1, -0.05) is 6.42 Å². The molecule has 0 amide bonds. The van der Waals surface area contributed by atoms with Crippen LogP contribution in [0.4, 0.5) is 9.59 Å². The fraction of sp³-hybridized carbons (Fsp3) is 0.812. The molecule has 0 aromatic heterocycles. The Morgan fingerprint density at radius 1 is 0.833 bits per heavy atom. The maximum atomic E-state index is 11.6. The maximum Gasteiger partial charge on any atom is 0.367 e. The van der Waals surface area contributed by atoms with Crippen molar-refractivity contribution in [2.24, 2.45) is 0 Å². The molecule has 1 atom stereocenters. The molecule has 6 nitrogen and oxygen atoms in total. The molecule has 0 bridgehead atoms. The second-order valence-corrected chi connectivity index (χ2v) is 7.06. The van der Waals surface area contributed by atoms with E-state index in [1.54, 1.807) is 20.8 Å². The first-order valence-electron chi connectivity index (χ1n) is 8.31. The molecule has 0 spiro atoms. The third-order valence-corrected chi connectivity index (χ3v) is 4.82. The smallest absolute Gasteiger partial charge is 0.367 e. The van der Waals surface area contributed by atoms with E-state index in [9.17, 15) is 14.4 Å². The van der Waals surface area contributed by atoms with Gasteiger partial charge in [0.1, 0.15) is 0 Å². The van der Waals surface area contributed by atoms with Crippen LogP contribution in [0.25, 0.3) is 0 Å². The zero-order chi connectivity index (χ0) is 18.2. The van der Waals surface area contributed by atoms with Gasteiger partial charge in [0.2, 0.25) is 0 Å². The van der Waals surface area contributed by atoms with Gasteiger partial charge in [-0.05, 0) is 63.6 Å². The van der Waals surface area contributed by atoms with Gasteiger partial charge in [-0.2, -0.15) is 0 Å². The molecule has 0 aliphatic rings. The van der Waals surface area contributed by atoms with Gasteiger partial charge in [-0.25, -0.2) is 9.59 Å². The van der Waals surface area contributed by atoms with E-state index in [2.05, 4.69) is 0 Å². The third-order valence-electron chi connectivity index (χ3n) is 2.91. The van der Waals surface area contributed by atoms with Crippen LogP contribution in [0.3, 0.4) is 0 Å². The molecule has 0 radical (unpaired) electrons. The largest absolute Gasteiger partial charge is 0.466 e. The van der Waals surface area contributed by atoms with Crippen LogP contribution in [0.15, 0.2) is 0 Å². The molecule has 0 saturated heterocycles. The summed E-state index contributed by atoms with van der Waals surface area (Å²) in [6.07, 6.45) is 3.42. The number of thioether (sulfide) groups is 2. The summed E-state index contributed by atoms with van der Waals surface area (Å²) in [5.74, 6) is 0.401. The van der Waals surface area contributed by atoms with Gasteiger partial charge in [0.15, 0.2) is 0 Å². The van der Waals surface area contributed by atoms with Crippen LogP contribution in [0.2, 0.25) is 0 Å². The fourth-order valence-corrected chi connectivity index (χ4v) is 3.76. The van der Waals surface area contributed by atoms with Gasteiger partial charge in [0, 0.05) is 17.4 Å². The van der Waals surface area contributed by atoms with Gasteiger partial charge in [0.05, 0.1) is 19.8 Å². The molecule has 0 aliphatic heterocycles. The van der Waals surface area contributed by atoms with Crippen LogP contribution < -0.4 is 0 Å². The number of hydrogen-bond acceptors (Lipinski definition) is 8. The summed E-state index contributed by atoms with van der Waals surface area (Å²) in [4.78, 5) is 34.3. The highest BCUT2D eigenvalue weighted by Gasteiger charge is 2.17. The lowest BCUT2D eigenvalue weighted by Crippen LogP contribution is -2.11. The zero-order valence-electron chi connectivity index (χ0n) is 14.7. The second-order valence-electron chi connectivity index (χ2n) is 4.79. The first-order valence-corrected chi connectivity index (χ1v) is 10.2. The van der Waals surface area contributed by atoms with Crippen LogP contribution in [0, 0.1) is 0 Å². The number of carbonyl (C=O) groups excluding carboxylic acids is 3. The summed E-state index contributed by atoms with van der Waals surface area (Å²) >= 11 is 2.28. The van der Waals surface area contributed by atoms with Gasteiger partial charge in [-0.15, -0.1) is 0 Å². The predicted octanol–water partition coefficient (Wildman–Crippen LogP) is 4.65. The van der Waals surface area contributed by atoms with Crippen molar-refractivity contribution in [2.75, 3.05) is 25.6 Å². The number of rotatable bonds is 12. The summed E-state index contributed by atoms with van der Waals surface area (Å²) in [7, 11) is 0. The first kappa shape index (κ1) is 23.1. The maximum absolute atomic E-state index is 11.6. The molecule has 140 valence electrons. The monoisotopic (exact) mass is 380 g/mol. The van der Waals surface area contributed by atoms with Crippen LogP contribution >= 0.6 is 23.5 Å².